The second-order valence-corrected chi connectivity index (χ2v) is 4.58. The summed E-state index contributed by atoms with van der Waals surface area (Å²) in [4.78, 5) is 21.3. The molecule has 0 spiro atoms. The summed E-state index contributed by atoms with van der Waals surface area (Å²) in [5.41, 5.74) is -0.871. The van der Waals surface area contributed by atoms with Crippen LogP contribution < -0.4 is 10.2 Å². The highest BCUT2D eigenvalue weighted by Gasteiger charge is 2.31. The predicted octanol–water partition coefficient (Wildman–Crippen LogP) is -0.462. The van der Waals surface area contributed by atoms with Gasteiger partial charge in [0, 0.05) is 11.8 Å². The summed E-state index contributed by atoms with van der Waals surface area (Å²) in [7, 11) is 0. The third kappa shape index (κ3) is 4.51. The molecule has 5 heteroatoms. The molecule has 0 fully saturated rings. The Hall–Kier alpha value is -0.770. The molecule has 4 nitrogen and oxygen atoms in total. The fourth-order valence-corrected chi connectivity index (χ4v) is 1.74. The van der Waals surface area contributed by atoms with E-state index in [4.69, 9.17) is 11.6 Å². The normalized spacial score (nSPS) is 11.7. The molecule has 0 aliphatic rings. The first kappa shape index (κ1) is 14.2. The Balaban J connectivity index is 4.50. The summed E-state index contributed by atoms with van der Waals surface area (Å²) in [5, 5.41) is 21.3. The van der Waals surface area contributed by atoms with Crippen LogP contribution in [-0.4, -0.2) is 17.8 Å². The third-order valence-corrected chi connectivity index (χ3v) is 2.72. The van der Waals surface area contributed by atoms with Crippen molar-refractivity contribution < 1.29 is 19.8 Å². The van der Waals surface area contributed by atoms with Crippen molar-refractivity contribution in [3.05, 3.63) is 0 Å². The van der Waals surface area contributed by atoms with Gasteiger partial charge < -0.3 is 19.8 Å². The highest BCUT2D eigenvalue weighted by atomic mass is 35.5. The molecule has 0 bridgehead atoms. The minimum Gasteiger partial charge on any atom is -0.549 e. The first-order valence-electron chi connectivity index (χ1n) is 4.80. The zero-order valence-electron chi connectivity index (χ0n) is 8.92. The van der Waals surface area contributed by atoms with Gasteiger partial charge in [0.2, 0.25) is 0 Å². The lowest BCUT2D eigenvalue weighted by Crippen LogP contribution is -2.50. The summed E-state index contributed by atoms with van der Waals surface area (Å²) in [5.74, 6) is -4.28. The molecule has 15 heavy (non-hydrogen) atoms. The van der Waals surface area contributed by atoms with Crippen molar-refractivity contribution in [3.63, 3.8) is 0 Å². The highest BCUT2D eigenvalue weighted by molar-refractivity contribution is 6.17. The van der Waals surface area contributed by atoms with E-state index in [1.165, 1.54) is 0 Å². The summed E-state index contributed by atoms with van der Waals surface area (Å²) >= 11 is 5.48. The Morgan fingerprint density at radius 3 is 2.00 bits per heavy atom. The van der Waals surface area contributed by atoms with Gasteiger partial charge in [-0.25, -0.2) is 0 Å². The smallest absolute Gasteiger partial charge is 0.0506 e. The van der Waals surface area contributed by atoms with Crippen molar-refractivity contribution >= 4 is 23.5 Å². The predicted molar refractivity (Wildman–Crippen MR) is 51.9 cm³/mol. The Labute approximate surface area is 94.2 Å². The molecule has 0 aromatic rings. The minimum atomic E-state index is -1.59. The number of alkyl halides is 1. The van der Waals surface area contributed by atoms with Gasteiger partial charge in [-0.15, -0.1) is 11.6 Å². The zero-order chi connectivity index (χ0) is 12.1. The minimum absolute atomic E-state index is 0.465. The number of hydrogen-bond donors (Lipinski definition) is 0. The van der Waals surface area contributed by atoms with E-state index in [0.717, 1.165) is 6.42 Å². The van der Waals surface area contributed by atoms with Gasteiger partial charge in [-0.2, -0.15) is 0 Å². The average molecular weight is 235 g/mol. The molecule has 0 amide bonds. The summed E-state index contributed by atoms with van der Waals surface area (Å²) in [6, 6.07) is 0. The van der Waals surface area contributed by atoms with E-state index in [1.807, 2.05) is 0 Å². The molecule has 0 unspecified atom stereocenters. The monoisotopic (exact) mass is 234 g/mol. The van der Waals surface area contributed by atoms with Crippen molar-refractivity contribution in [2.24, 2.45) is 11.3 Å². The average Bonchev–Trinajstić information content (AvgIpc) is 2.01. The van der Waals surface area contributed by atoms with E-state index in [2.05, 4.69) is 0 Å². The lowest BCUT2D eigenvalue weighted by molar-refractivity contribution is -0.336. The molecule has 0 aromatic carbocycles. The van der Waals surface area contributed by atoms with Crippen molar-refractivity contribution in [2.75, 3.05) is 5.88 Å². The Morgan fingerprint density at radius 2 is 1.67 bits per heavy atom. The largest absolute Gasteiger partial charge is 0.549 e. The van der Waals surface area contributed by atoms with Gasteiger partial charge in [0.1, 0.15) is 0 Å². The molecule has 0 heterocycles. The van der Waals surface area contributed by atoms with Gasteiger partial charge in [0.05, 0.1) is 11.9 Å². The first-order chi connectivity index (χ1) is 6.83. The fraction of sp³-hybridized carbons (Fsp3) is 0.800. The van der Waals surface area contributed by atoms with E-state index < -0.39 is 23.3 Å². The van der Waals surface area contributed by atoms with E-state index >= 15 is 0 Å². The molecule has 0 rings (SSSR count). The number of carboxylic acids is 2. The molecule has 0 saturated carbocycles. The lowest BCUT2D eigenvalue weighted by Gasteiger charge is -2.35. The van der Waals surface area contributed by atoms with Gasteiger partial charge in [0.15, 0.2) is 0 Å². The van der Waals surface area contributed by atoms with Crippen LogP contribution in [0.4, 0.5) is 0 Å². The van der Waals surface area contributed by atoms with Crippen molar-refractivity contribution in [1.82, 2.24) is 0 Å². The van der Waals surface area contributed by atoms with Crippen LogP contribution in [0.3, 0.4) is 0 Å². The quantitative estimate of drug-likeness (QED) is 0.339. The van der Waals surface area contributed by atoms with Crippen molar-refractivity contribution in [3.8, 4) is 0 Å². The zero-order valence-corrected chi connectivity index (χ0v) is 9.67. The van der Waals surface area contributed by atoms with Crippen LogP contribution >= 0.6 is 11.6 Å². The van der Waals surface area contributed by atoms with Crippen LogP contribution in [0.15, 0.2) is 0 Å². The van der Waals surface area contributed by atoms with Crippen LogP contribution in [0.25, 0.3) is 0 Å². The Morgan fingerprint density at radius 1 is 1.20 bits per heavy atom. The van der Waals surface area contributed by atoms with Gasteiger partial charge in [0.25, 0.3) is 0 Å². The van der Waals surface area contributed by atoms with E-state index in [0.29, 0.717) is 18.7 Å². The molecule has 0 atom stereocenters. The molecule has 0 N–H and O–H groups in total. The lowest BCUT2D eigenvalue weighted by atomic mass is 9.75. The topological polar surface area (TPSA) is 80.3 Å². The maximum Gasteiger partial charge on any atom is 0.0506 e. The first-order valence-corrected chi connectivity index (χ1v) is 5.34. The fourth-order valence-electron chi connectivity index (χ4n) is 1.55. The summed E-state index contributed by atoms with van der Waals surface area (Å²) in [6.07, 6.45) is 1.89. The number of rotatable bonds is 7. The van der Waals surface area contributed by atoms with E-state index in [-0.39, 0.29) is 0 Å². The number of carbonyl (C=O) groups excluding carboxylic acids is 2. The summed E-state index contributed by atoms with van der Waals surface area (Å²) in [6.45, 7) is 3.16. The third-order valence-electron chi connectivity index (χ3n) is 2.46. The highest BCUT2D eigenvalue weighted by Crippen LogP contribution is 2.32. The Kier molecular flexibility index (Phi) is 5.65. The molecule has 0 aliphatic carbocycles. The molecular formula is C10H15ClO4-2. The van der Waals surface area contributed by atoms with Crippen molar-refractivity contribution in [2.45, 2.75) is 33.1 Å². The van der Waals surface area contributed by atoms with Gasteiger partial charge >= 0.3 is 0 Å². The van der Waals surface area contributed by atoms with Crippen LogP contribution in [0.2, 0.25) is 0 Å². The number of hydrogen-bond acceptors (Lipinski definition) is 4. The Bertz CT molecular complexity index is 224. The maximum absolute atomic E-state index is 10.7. The van der Waals surface area contributed by atoms with Crippen LogP contribution in [-0.2, 0) is 9.59 Å². The molecular weight excluding hydrogens is 220 g/mol. The van der Waals surface area contributed by atoms with Crippen LogP contribution in [0.1, 0.15) is 33.1 Å². The SMILES string of the molecule is CC(C)(CCCCCl)C(C(=O)[O-])C(=O)[O-]. The second-order valence-electron chi connectivity index (χ2n) is 4.21. The molecule has 0 radical (unpaired) electrons. The van der Waals surface area contributed by atoms with Gasteiger partial charge in [-0.1, -0.05) is 20.3 Å². The standard InChI is InChI=1S/C10H17ClO4/c1-10(2,5-3-4-6-11)7(8(12)13)9(14)15/h7H,3-6H2,1-2H3,(H,12,13)(H,14,15)/p-2. The van der Waals surface area contributed by atoms with Gasteiger partial charge in [-0.3, -0.25) is 0 Å². The number of carbonyl (C=O) groups is 2. The van der Waals surface area contributed by atoms with Crippen molar-refractivity contribution in [1.29, 1.82) is 0 Å². The second kappa shape index (κ2) is 5.95. The molecule has 0 aliphatic heterocycles. The van der Waals surface area contributed by atoms with E-state index in [9.17, 15) is 19.8 Å². The van der Waals surface area contributed by atoms with Gasteiger partial charge in [-0.05, 0) is 18.3 Å². The number of halogens is 1. The number of unbranched alkanes of at least 4 members (excludes halogenated alkanes) is 1. The maximum atomic E-state index is 10.7. The van der Waals surface area contributed by atoms with Crippen LogP contribution in [0.5, 0.6) is 0 Å². The molecule has 88 valence electrons. The molecule has 0 aromatic heterocycles. The number of aliphatic carboxylic acids is 2. The van der Waals surface area contributed by atoms with Crippen LogP contribution in [0, 0.1) is 11.3 Å². The molecule has 0 saturated heterocycles. The number of carboxylic acid groups (broad SMARTS) is 2. The summed E-state index contributed by atoms with van der Waals surface area (Å²) < 4.78 is 0. The van der Waals surface area contributed by atoms with E-state index in [1.54, 1.807) is 13.8 Å².